The van der Waals surface area contributed by atoms with Crippen molar-refractivity contribution >= 4 is 44.2 Å². The summed E-state index contributed by atoms with van der Waals surface area (Å²) in [5.41, 5.74) is 1.56. The highest BCUT2D eigenvalue weighted by atomic mass is 32.3. The number of carbonyl (C=O) groups excluding carboxylic acids is 1. The van der Waals surface area contributed by atoms with E-state index in [9.17, 15) is 4.79 Å². The Morgan fingerprint density at radius 3 is 2.46 bits per heavy atom. The van der Waals surface area contributed by atoms with Gasteiger partial charge in [0.1, 0.15) is 9.88 Å². The van der Waals surface area contributed by atoms with Crippen LogP contribution in [0, 0.1) is 5.92 Å². The number of thiazole rings is 1. The molecule has 2 atom stereocenters. The fraction of sp³-hybridized carbons (Fsp3) is 0.370. The Morgan fingerprint density at radius 1 is 1.16 bits per heavy atom. The second-order valence-corrected chi connectivity index (χ2v) is 15.9. The number of amides is 1. The van der Waals surface area contributed by atoms with Crippen molar-refractivity contribution in [3.05, 3.63) is 82.9 Å². The van der Waals surface area contributed by atoms with Crippen LogP contribution >= 0.6 is 33.1 Å². The first-order chi connectivity index (χ1) is 17.3. The number of amidine groups is 1. The monoisotopic (exact) mass is 562 g/mol. The van der Waals surface area contributed by atoms with E-state index in [1.165, 1.54) is 14.8 Å². The molecule has 0 aliphatic carbocycles. The van der Waals surface area contributed by atoms with Crippen molar-refractivity contribution in [1.82, 2.24) is 15.6 Å². The molecule has 2 aliphatic rings. The Hall–Kier alpha value is -2.21. The fourth-order valence-electron chi connectivity index (χ4n) is 4.12. The van der Waals surface area contributed by atoms with Crippen molar-refractivity contribution in [3.8, 4) is 0 Å². The number of hydrogen-bond donors (Lipinski definition) is 2. The van der Waals surface area contributed by atoms with Crippen molar-refractivity contribution in [3.63, 3.8) is 0 Å². The summed E-state index contributed by atoms with van der Waals surface area (Å²) in [5.74, 6) is 1.25. The van der Waals surface area contributed by atoms with Gasteiger partial charge < -0.3 is 20.8 Å². The Labute approximate surface area is 230 Å². The van der Waals surface area contributed by atoms with Gasteiger partial charge in [0, 0.05) is 45.1 Å². The van der Waals surface area contributed by atoms with Gasteiger partial charge in [-0.1, -0.05) is 60.3 Å². The van der Waals surface area contributed by atoms with E-state index in [-0.39, 0.29) is 18.3 Å². The average Bonchev–Trinajstić information content (AvgIpc) is 3.54. The zero-order valence-corrected chi connectivity index (χ0v) is 24.1. The normalized spacial score (nSPS) is 21.0. The highest BCUT2D eigenvalue weighted by Gasteiger charge is 2.48. The van der Waals surface area contributed by atoms with Crippen molar-refractivity contribution in [2.24, 2.45) is 10.9 Å². The first-order valence-corrected chi connectivity index (χ1v) is 16.4. The van der Waals surface area contributed by atoms with Gasteiger partial charge in [0.25, 0.3) is 5.91 Å². The molecule has 1 aromatic heterocycles. The minimum atomic E-state index is -0.858. The number of benzene rings is 2. The number of carbonyl (C=O) groups is 1. The van der Waals surface area contributed by atoms with Gasteiger partial charge in [0.05, 0.1) is 11.5 Å². The van der Waals surface area contributed by atoms with E-state index in [2.05, 4.69) is 29.4 Å². The van der Waals surface area contributed by atoms with Crippen LogP contribution in [0.1, 0.15) is 22.2 Å². The topological polar surface area (TPSA) is 107 Å². The minimum absolute atomic E-state index is 0. The molecule has 3 heterocycles. The largest absolute Gasteiger partial charge is 0.412 e. The van der Waals surface area contributed by atoms with Crippen LogP contribution in [0.3, 0.4) is 0 Å². The van der Waals surface area contributed by atoms with E-state index in [0.717, 1.165) is 18.8 Å². The summed E-state index contributed by atoms with van der Waals surface area (Å²) in [6.45, 7) is 2.46. The van der Waals surface area contributed by atoms with Gasteiger partial charge in [-0.3, -0.25) is 4.79 Å². The molecule has 0 radical (unpaired) electrons. The predicted octanol–water partition coefficient (Wildman–Crippen LogP) is 4.40. The maximum absolute atomic E-state index is 12.6. The van der Waals surface area contributed by atoms with Gasteiger partial charge in [0.2, 0.25) is 0 Å². The average molecular weight is 563 g/mol. The second kappa shape index (κ2) is 13.0. The van der Waals surface area contributed by atoms with E-state index in [4.69, 9.17) is 14.7 Å². The molecule has 0 spiro atoms. The number of aliphatic imine (C=N–C) groups is 1. The van der Waals surface area contributed by atoms with Gasteiger partial charge >= 0.3 is 0 Å². The number of aromatic nitrogens is 1. The molecular weight excluding hydrogens is 525 g/mol. The number of fused-ring (bicyclic) bond motifs is 1. The van der Waals surface area contributed by atoms with Crippen LogP contribution < -0.4 is 10.6 Å². The first-order valence-electron chi connectivity index (χ1n) is 11.8. The van der Waals surface area contributed by atoms with Crippen molar-refractivity contribution in [1.29, 1.82) is 0 Å². The first kappa shape index (κ1) is 29.3. The highest BCUT2D eigenvalue weighted by molar-refractivity contribution is 8.33. The van der Waals surface area contributed by atoms with Gasteiger partial charge in [-0.2, -0.15) is 10.0 Å². The molecule has 0 saturated carbocycles. The lowest BCUT2D eigenvalue weighted by molar-refractivity contribution is 0.0977. The molecule has 3 aromatic rings. The predicted molar refractivity (Wildman–Crippen MR) is 160 cm³/mol. The molecule has 2 aromatic carbocycles. The summed E-state index contributed by atoms with van der Waals surface area (Å²) >= 11 is 3.42. The molecule has 1 fully saturated rings. The van der Waals surface area contributed by atoms with Crippen LogP contribution in [-0.2, 0) is 16.9 Å². The maximum atomic E-state index is 12.6. The zero-order chi connectivity index (χ0) is 25.6. The summed E-state index contributed by atoms with van der Waals surface area (Å²) in [6.07, 6.45) is 8.81. The van der Waals surface area contributed by atoms with Crippen molar-refractivity contribution in [2.75, 3.05) is 44.7 Å². The lowest BCUT2D eigenvalue weighted by atomic mass is 9.87. The van der Waals surface area contributed by atoms with Gasteiger partial charge in [-0.05, 0) is 36.5 Å². The van der Waals surface area contributed by atoms with Gasteiger partial charge in [0.15, 0.2) is 5.17 Å². The summed E-state index contributed by atoms with van der Waals surface area (Å²) in [4.78, 5) is 23.6. The molecule has 2 aliphatic heterocycles. The smallest absolute Gasteiger partial charge is 0.257 e. The molecule has 37 heavy (non-hydrogen) atoms. The Kier molecular flexibility index (Phi) is 10.3. The van der Waals surface area contributed by atoms with Crippen LogP contribution in [0.2, 0.25) is 0 Å². The number of rotatable bonds is 5. The Bertz CT molecular complexity index is 1190. The Morgan fingerprint density at radius 2 is 1.84 bits per heavy atom. The number of ether oxygens (including phenoxy) is 1. The van der Waals surface area contributed by atoms with Gasteiger partial charge in [-0.25, -0.2) is 9.98 Å². The quantitative estimate of drug-likeness (QED) is 0.479. The number of hydrogen-bond acceptors (Lipinski definition) is 7. The van der Waals surface area contributed by atoms with E-state index >= 15 is 0 Å². The minimum Gasteiger partial charge on any atom is -0.412 e. The second-order valence-electron chi connectivity index (χ2n) is 9.55. The molecule has 0 bridgehead atoms. The molecular formula is C27H38N4O3S3. The van der Waals surface area contributed by atoms with Crippen LogP contribution in [0.5, 0.6) is 0 Å². The summed E-state index contributed by atoms with van der Waals surface area (Å²) in [5, 5.41) is 7.23. The zero-order valence-electron chi connectivity index (χ0n) is 21.7. The van der Waals surface area contributed by atoms with Crippen LogP contribution in [0.4, 0.5) is 0 Å². The van der Waals surface area contributed by atoms with E-state index in [0.29, 0.717) is 23.3 Å². The highest BCUT2D eigenvalue weighted by Crippen LogP contribution is 2.51. The maximum Gasteiger partial charge on any atom is 0.257 e. The molecule has 5 rings (SSSR count). The summed E-state index contributed by atoms with van der Waals surface area (Å²) in [7, 11) is 0.844. The molecule has 1 saturated heterocycles. The van der Waals surface area contributed by atoms with Crippen LogP contribution in [0.15, 0.2) is 76.2 Å². The SMILES string of the molecule is COCc1ccccc1.CS(C)(C)c1ncc(C23CNCC2CSC(NC(=O)c2ccccc2)=N3)s1.O.[HH]. The summed E-state index contributed by atoms with van der Waals surface area (Å²) < 4.78 is 6.14. The molecule has 2 unspecified atom stereocenters. The van der Waals surface area contributed by atoms with E-state index < -0.39 is 10.0 Å². The van der Waals surface area contributed by atoms with Crippen LogP contribution in [0.25, 0.3) is 0 Å². The Balaban J connectivity index is 0.000000395. The summed E-state index contributed by atoms with van der Waals surface area (Å²) in [6, 6.07) is 19.4. The fourth-order valence-corrected chi connectivity index (χ4v) is 7.76. The number of thioether (sulfide) groups is 1. The van der Waals surface area contributed by atoms with Gasteiger partial charge in [-0.15, -0.1) is 11.3 Å². The lowest BCUT2D eigenvalue weighted by Crippen LogP contribution is -2.42. The number of methoxy groups -OCH3 is 1. The third-order valence-corrected chi connectivity index (χ3v) is 10.9. The molecule has 202 valence electrons. The van der Waals surface area contributed by atoms with E-state index in [1.807, 2.05) is 66.9 Å². The molecule has 10 heteroatoms. The number of nitrogens with zero attached hydrogens (tertiary/aromatic N) is 2. The third kappa shape index (κ3) is 7.22. The third-order valence-electron chi connectivity index (χ3n) is 6.03. The van der Waals surface area contributed by atoms with Crippen molar-refractivity contribution in [2.45, 2.75) is 16.5 Å². The molecule has 7 nitrogen and oxygen atoms in total. The van der Waals surface area contributed by atoms with Crippen molar-refractivity contribution < 1.29 is 16.4 Å². The van der Waals surface area contributed by atoms with E-state index in [1.54, 1.807) is 30.2 Å². The molecule has 1 amide bonds. The standard InChI is InChI=1S/C19H24N4OS3.C8H10O.H2O.H2/c1-27(2,3)18-21-10-15(26-18)19-12-20-9-14(19)11-25-17(23-19)22-16(24)13-7-5-4-6-8-13;1-9-7-8-5-3-2-4-6-8;;/h4-8,10,14,20H,9,11-12H2,1-3H3,(H,22,23,24);2-6H,7H2,1H3;1H2;1H. The van der Waals surface area contributed by atoms with Crippen LogP contribution in [-0.4, -0.2) is 66.3 Å². The lowest BCUT2D eigenvalue weighted by Gasteiger charge is -2.34. The molecule has 4 N–H and O–H groups in total. The number of nitrogens with one attached hydrogen (secondary N) is 2.